The van der Waals surface area contributed by atoms with Gasteiger partial charge in [0.1, 0.15) is 0 Å². The normalized spacial score (nSPS) is 17.4. The van der Waals surface area contributed by atoms with Gasteiger partial charge in [0.15, 0.2) is 0 Å². The number of hydrogen-bond donors (Lipinski definition) is 1. The second-order valence-electron chi connectivity index (χ2n) is 5.91. The maximum absolute atomic E-state index is 3.73. The van der Waals surface area contributed by atoms with Gasteiger partial charge in [0.05, 0.1) is 9.83 Å². The van der Waals surface area contributed by atoms with Crippen LogP contribution in [0.15, 0.2) is 28.1 Å². The predicted octanol–water partition coefficient (Wildman–Crippen LogP) is 5.37. The van der Waals surface area contributed by atoms with E-state index in [1.807, 2.05) is 11.3 Å². The van der Waals surface area contributed by atoms with Crippen molar-refractivity contribution in [2.45, 2.75) is 32.2 Å². The molecule has 1 N–H and O–H groups in total. The zero-order valence-corrected chi connectivity index (χ0v) is 15.1. The third-order valence-corrected chi connectivity index (χ3v) is 5.83. The summed E-state index contributed by atoms with van der Waals surface area (Å²) in [4.78, 5) is 3.71. The van der Waals surface area contributed by atoms with Gasteiger partial charge in [-0.3, -0.25) is 0 Å². The number of aryl methyl sites for hydroxylation is 2. The molecule has 1 heterocycles. The van der Waals surface area contributed by atoms with Gasteiger partial charge in [0.2, 0.25) is 0 Å². The van der Waals surface area contributed by atoms with E-state index in [0.29, 0.717) is 6.04 Å². The number of hydrogen-bond acceptors (Lipinski definition) is 3. The molecule has 1 aliphatic rings. The van der Waals surface area contributed by atoms with E-state index in [-0.39, 0.29) is 0 Å². The maximum Gasteiger partial charge on any atom is 0.0705 e. The highest BCUT2D eigenvalue weighted by molar-refractivity contribution is 9.11. The number of benzene rings is 1. The summed E-state index contributed by atoms with van der Waals surface area (Å²) in [5.74, 6) is 0. The lowest BCUT2D eigenvalue weighted by atomic mass is 9.94. The molecule has 1 atom stereocenters. The predicted molar refractivity (Wildman–Crippen MR) is 96.8 cm³/mol. The highest BCUT2D eigenvalue weighted by Crippen LogP contribution is 2.39. The van der Waals surface area contributed by atoms with Crippen LogP contribution in [0.5, 0.6) is 0 Å². The van der Waals surface area contributed by atoms with Gasteiger partial charge in [-0.2, -0.15) is 0 Å². The minimum absolute atomic E-state index is 0.439. The van der Waals surface area contributed by atoms with Crippen LogP contribution in [-0.4, -0.2) is 14.1 Å². The van der Waals surface area contributed by atoms with Crippen LogP contribution in [0.3, 0.4) is 0 Å². The highest BCUT2D eigenvalue weighted by Gasteiger charge is 2.22. The van der Waals surface area contributed by atoms with Crippen molar-refractivity contribution in [2.75, 3.05) is 24.3 Å². The molecule has 3 rings (SSSR count). The van der Waals surface area contributed by atoms with E-state index in [1.165, 1.54) is 50.4 Å². The minimum atomic E-state index is 0.439. The van der Waals surface area contributed by atoms with Crippen LogP contribution in [0.2, 0.25) is 0 Å². The fourth-order valence-corrected chi connectivity index (χ4v) is 4.87. The van der Waals surface area contributed by atoms with Gasteiger partial charge < -0.3 is 10.2 Å². The van der Waals surface area contributed by atoms with Gasteiger partial charge in [-0.25, -0.2) is 0 Å². The lowest BCUT2D eigenvalue weighted by Crippen LogP contribution is -2.16. The van der Waals surface area contributed by atoms with Gasteiger partial charge in [0, 0.05) is 30.3 Å². The van der Waals surface area contributed by atoms with Crippen LogP contribution in [0.1, 0.15) is 34.9 Å². The molecule has 0 amide bonds. The average molecular weight is 365 g/mol. The molecule has 0 radical (unpaired) electrons. The van der Waals surface area contributed by atoms with Gasteiger partial charge in [-0.1, -0.05) is 6.07 Å². The molecule has 21 heavy (non-hydrogen) atoms. The van der Waals surface area contributed by atoms with Gasteiger partial charge in [-0.15, -0.1) is 11.3 Å². The minimum Gasteiger partial charge on any atom is -0.378 e. The van der Waals surface area contributed by atoms with Gasteiger partial charge in [0.25, 0.3) is 0 Å². The molecule has 1 aromatic heterocycles. The molecule has 2 aromatic rings. The number of fused-ring (bicyclic) bond motifs is 1. The first-order chi connectivity index (χ1) is 10.0. The monoisotopic (exact) mass is 364 g/mol. The first-order valence-corrected chi connectivity index (χ1v) is 8.98. The molecule has 0 bridgehead atoms. The smallest absolute Gasteiger partial charge is 0.0705 e. The van der Waals surface area contributed by atoms with Crippen molar-refractivity contribution in [1.29, 1.82) is 0 Å². The Morgan fingerprint density at radius 3 is 2.86 bits per heavy atom. The van der Waals surface area contributed by atoms with Crippen molar-refractivity contribution in [2.24, 2.45) is 0 Å². The summed E-state index contributed by atoms with van der Waals surface area (Å²) in [7, 11) is 4.20. The number of nitrogens with one attached hydrogen (secondary N) is 1. The zero-order chi connectivity index (χ0) is 15.0. The Labute approximate surface area is 139 Å². The first kappa shape index (κ1) is 14.9. The number of nitrogens with zero attached hydrogens (tertiary/aromatic N) is 1. The average Bonchev–Trinajstić information content (AvgIpc) is 2.82. The van der Waals surface area contributed by atoms with Crippen molar-refractivity contribution >= 4 is 38.6 Å². The number of thiophene rings is 1. The molecule has 0 saturated heterocycles. The molecular formula is C17H21BrN2S. The Hall–Kier alpha value is -1.00. The summed E-state index contributed by atoms with van der Waals surface area (Å²) in [6, 6.07) is 9.38. The van der Waals surface area contributed by atoms with Crippen molar-refractivity contribution < 1.29 is 0 Å². The number of halogens is 1. The Morgan fingerprint density at radius 2 is 2.10 bits per heavy atom. The summed E-state index contributed by atoms with van der Waals surface area (Å²) in [6.45, 7) is 2.16. The van der Waals surface area contributed by atoms with E-state index < -0.39 is 0 Å². The highest BCUT2D eigenvalue weighted by atomic mass is 79.9. The van der Waals surface area contributed by atoms with E-state index in [2.05, 4.69) is 71.4 Å². The van der Waals surface area contributed by atoms with Crippen LogP contribution in [0, 0.1) is 6.92 Å². The number of rotatable bonds is 3. The van der Waals surface area contributed by atoms with Gasteiger partial charge >= 0.3 is 0 Å². The van der Waals surface area contributed by atoms with E-state index >= 15 is 0 Å². The lowest BCUT2D eigenvalue weighted by molar-refractivity contribution is 0.609. The summed E-state index contributed by atoms with van der Waals surface area (Å²) < 4.78 is 1.25. The fourth-order valence-electron chi connectivity index (χ4n) is 3.05. The molecule has 2 nitrogen and oxygen atoms in total. The SMILES string of the molecule is Cc1ccc(NC2CCCc3sc(Br)cc32)cc1N(C)C. The van der Waals surface area contributed by atoms with Crippen molar-refractivity contribution in [3.05, 3.63) is 44.1 Å². The Bertz CT molecular complexity index is 648. The number of anilines is 2. The lowest BCUT2D eigenvalue weighted by Gasteiger charge is -2.26. The molecule has 0 saturated carbocycles. The topological polar surface area (TPSA) is 15.3 Å². The third kappa shape index (κ3) is 3.11. The zero-order valence-electron chi connectivity index (χ0n) is 12.7. The van der Waals surface area contributed by atoms with Crippen LogP contribution in [-0.2, 0) is 6.42 Å². The van der Waals surface area contributed by atoms with E-state index in [0.717, 1.165) is 0 Å². The van der Waals surface area contributed by atoms with Crippen LogP contribution >= 0.6 is 27.3 Å². The summed E-state index contributed by atoms with van der Waals surface area (Å²) in [5, 5.41) is 3.73. The fraction of sp³-hybridized carbons (Fsp3) is 0.412. The Balaban J connectivity index is 1.86. The summed E-state index contributed by atoms with van der Waals surface area (Å²) in [6.07, 6.45) is 3.70. The molecular weight excluding hydrogens is 344 g/mol. The molecule has 1 aliphatic carbocycles. The van der Waals surface area contributed by atoms with Crippen molar-refractivity contribution in [3.8, 4) is 0 Å². The van der Waals surface area contributed by atoms with E-state index in [9.17, 15) is 0 Å². The second-order valence-corrected chi connectivity index (χ2v) is 8.43. The molecule has 4 heteroatoms. The van der Waals surface area contributed by atoms with Crippen LogP contribution in [0.4, 0.5) is 11.4 Å². The molecule has 0 aliphatic heterocycles. The molecule has 0 spiro atoms. The second kappa shape index (κ2) is 6.01. The van der Waals surface area contributed by atoms with E-state index in [4.69, 9.17) is 0 Å². The molecule has 0 fully saturated rings. The Kier molecular flexibility index (Phi) is 4.27. The largest absolute Gasteiger partial charge is 0.378 e. The summed E-state index contributed by atoms with van der Waals surface area (Å²) >= 11 is 5.51. The Morgan fingerprint density at radius 1 is 1.29 bits per heavy atom. The van der Waals surface area contributed by atoms with Crippen LogP contribution < -0.4 is 10.2 Å². The quantitative estimate of drug-likeness (QED) is 0.786. The molecule has 1 unspecified atom stereocenters. The molecule has 112 valence electrons. The van der Waals surface area contributed by atoms with Gasteiger partial charge in [-0.05, 0) is 71.4 Å². The summed E-state index contributed by atoms with van der Waals surface area (Å²) in [5.41, 5.74) is 5.28. The van der Waals surface area contributed by atoms with Crippen LogP contribution in [0.25, 0.3) is 0 Å². The standard InChI is InChI=1S/C17H21BrN2S/c1-11-7-8-12(9-15(11)20(2)3)19-14-5-4-6-16-13(14)10-17(18)21-16/h7-10,14,19H,4-6H2,1-3H3. The molecule has 1 aromatic carbocycles. The van der Waals surface area contributed by atoms with E-state index in [1.54, 1.807) is 0 Å². The maximum atomic E-state index is 3.73. The van der Waals surface area contributed by atoms with Crippen molar-refractivity contribution in [3.63, 3.8) is 0 Å². The third-order valence-electron chi connectivity index (χ3n) is 4.12. The first-order valence-electron chi connectivity index (χ1n) is 7.37. The van der Waals surface area contributed by atoms with Crippen molar-refractivity contribution in [1.82, 2.24) is 0 Å².